The molecule has 1 aliphatic rings. The molecule has 1 aromatic heterocycles. The van der Waals surface area contributed by atoms with Crippen LogP contribution in [0.4, 0.5) is 4.79 Å². The van der Waals surface area contributed by atoms with Gasteiger partial charge in [0.2, 0.25) is 0 Å². The van der Waals surface area contributed by atoms with E-state index in [2.05, 4.69) is 10.4 Å². The number of amides is 2. The van der Waals surface area contributed by atoms with Gasteiger partial charge >= 0.3 is 0 Å². The minimum atomic E-state index is -0.435. The summed E-state index contributed by atoms with van der Waals surface area (Å²) in [6, 6.07) is 16.4. The summed E-state index contributed by atoms with van der Waals surface area (Å²) in [5.41, 5.74) is 2.66. The van der Waals surface area contributed by atoms with Gasteiger partial charge in [0.15, 0.2) is 0 Å². The van der Waals surface area contributed by atoms with Crippen molar-refractivity contribution in [3.05, 3.63) is 71.3 Å². The number of nitrogens with zero attached hydrogens (tertiary/aromatic N) is 2. The van der Waals surface area contributed by atoms with Gasteiger partial charge in [-0.3, -0.25) is 14.9 Å². The van der Waals surface area contributed by atoms with Crippen molar-refractivity contribution in [3.8, 4) is 22.7 Å². The Morgan fingerprint density at radius 2 is 1.77 bits per heavy atom. The fraction of sp³-hybridized carbons (Fsp3) is 0. The second-order valence-corrected chi connectivity index (χ2v) is 6.58. The fourth-order valence-corrected chi connectivity index (χ4v) is 3.41. The van der Waals surface area contributed by atoms with Crippen molar-refractivity contribution in [2.75, 3.05) is 0 Å². The van der Waals surface area contributed by atoms with E-state index in [-0.39, 0.29) is 5.75 Å². The molecule has 0 radical (unpaired) electrons. The average Bonchev–Trinajstić information content (AvgIpc) is 3.19. The molecular weight excluding hydrogens is 350 g/mol. The van der Waals surface area contributed by atoms with Crippen LogP contribution in [0.2, 0.25) is 0 Å². The molecule has 0 saturated carbocycles. The van der Waals surface area contributed by atoms with Crippen molar-refractivity contribution in [1.29, 1.82) is 0 Å². The van der Waals surface area contributed by atoms with Gasteiger partial charge in [-0.1, -0.05) is 30.3 Å². The van der Waals surface area contributed by atoms with Crippen molar-refractivity contribution in [1.82, 2.24) is 15.1 Å². The second kappa shape index (κ2) is 6.53. The van der Waals surface area contributed by atoms with Gasteiger partial charge in [-0.15, -0.1) is 0 Å². The molecule has 1 fully saturated rings. The molecule has 2 heterocycles. The molecule has 7 heteroatoms. The van der Waals surface area contributed by atoms with E-state index in [1.54, 1.807) is 35.2 Å². The lowest BCUT2D eigenvalue weighted by molar-refractivity contribution is -0.115. The summed E-state index contributed by atoms with van der Waals surface area (Å²) in [6.07, 6.45) is 3.22. The summed E-state index contributed by atoms with van der Waals surface area (Å²) in [6.45, 7) is 0. The lowest BCUT2D eigenvalue weighted by Crippen LogP contribution is -2.17. The molecule has 0 unspecified atom stereocenters. The number of benzene rings is 2. The monoisotopic (exact) mass is 363 g/mol. The van der Waals surface area contributed by atoms with E-state index in [0.29, 0.717) is 21.7 Å². The quantitative estimate of drug-likeness (QED) is 0.695. The largest absolute Gasteiger partial charge is 0.507 e. The number of para-hydroxylation sites is 2. The van der Waals surface area contributed by atoms with Crippen LogP contribution in [0.3, 0.4) is 0 Å². The summed E-state index contributed by atoms with van der Waals surface area (Å²) < 4.78 is 1.70. The number of hydrogen-bond acceptors (Lipinski definition) is 5. The van der Waals surface area contributed by atoms with Gasteiger partial charge in [0.25, 0.3) is 11.1 Å². The summed E-state index contributed by atoms with van der Waals surface area (Å²) >= 11 is 0.844. The van der Waals surface area contributed by atoms with Crippen LogP contribution in [0.15, 0.2) is 65.7 Å². The van der Waals surface area contributed by atoms with E-state index in [9.17, 15) is 14.7 Å². The number of rotatable bonds is 3. The van der Waals surface area contributed by atoms with Crippen LogP contribution in [0.25, 0.3) is 23.0 Å². The first kappa shape index (κ1) is 16.2. The van der Waals surface area contributed by atoms with Crippen molar-refractivity contribution in [3.63, 3.8) is 0 Å². The normalized spacial score (nSPS) is 15.5. The average molecular weight is 363 g/mol. The van der Waals surface area contributed by atoms with E-state index in [4.69, 9.17) is 0 Å². The maximum absolute atomic E-state index is 11.9. The molecular formula is C19H13N3O3S. The van der Waals surface area contributed by atoms with Crippen molar-refractivity contribution in [2.45, 2.75) is 0 Å². The molecule has 3 aromatic rings. The first-order valence-electron chi connectivity index (χ1n) is 7.80. The predicted octanol–water partition coefficient (Wildman–Crippen LogP) is 3.57. The zero-order valence-electron chi connectivity index (χ0n) is 13.4. The van der Waals surface area contributed by atoms with Crippen molar-refractivity contribution in [2.24, 2.45) is 0 Å². The Morgan fingerprint density at radius 3 is 2.46 bits per heavy atom. The van der Waals surface area contributed by atoms with Crippen LogP contribution >= 0.6 is 11.8 Å². The van der Waals surface area contributed by atoms with Gasteiger partial charge in [0, 0.05) is 11.1 Å². The standard InChI is InChI=1S/C19H13N3O3S/c23-15-9-5-4-8-14(15)17-12(10-16-18(24)21-19(25)26-16)11-20-22(17)13-6-2-1-3-7-13/h1-11,23H,(H,21,24,25)/b16-10-. The number of phenolic OH excluding ortho intramolecular Hbond substituents is 1. The van der Waals surface area contributed by atoms with E-state index >= 15 is 0 Å². The Labute approximate surface area is 153 Å². The molecule has 1 aliphatic heterocycles. The van der Waals surface area contributed by atoms with E-state index in [0.717, 1.165) is 17.4 Å². The third-order valence-electron chi connectivity index (χ3n) is 3.89. The highest BCUT2D eigenvalue weighted by molar-refractivity contribution is 8.18. The number of thioether (sulfide) groups is 1. The minimum Gasteiger partial charge on any atom is -0.507 e. The number of nitrogens with one attached hydrogen (secondary N) is 1. The Hall–Kier alpha value is -3.32. The summed E-state index contributed by atoms with van der Waals surface area (Å²) in [5.74, 6) is -0.333. The number of hydrogen-bond donors (Lipinski definition) is 2. The summed E-state index contributed by atoms with van der Waals surface area (Å²) in [7, 11) is 0. The van der Waals surface area contributed by atoms with Gasteiger partial charge in [0.05, 0.1) is 22.5 Å². The Morgan fingerprint density at radius 1 is 1.04 bits per heavy atom. The van der Waals surface area contributed by atoms with Crippen LogP contribution in [0.5, 0.6) is 5.75 Å². The molecule has 6 nitrogen and oxygen atoms in total. The van der Waals surface area contributed by atoms with Gasteiger partial charge in [-0.05, 0) is 42.1 Å². The molecule has 2 N–H and O–H groups in total. The van der Waals surface area contributed by atoms with Crippen molar-refractivity contribution < 1.29 is 14.7 Å². The zero-order valence-corrected chi connectivity index (χ0v) is 14.2. The first-order valence-corrected chi connectivity index (χ1v) is 8.62. The maximum atomic E-state index is 11.9. The molecule has 4 rings (SSSR count). The zero-order chi connectivity index (χ0) is 18.1. The van der Waals surface area contributed by atoms with Crippen LogP contribution in [-0.2, 0) is 4.79 Å². The SMILES string of the molecule is O=C1NC(=O)/C(=C/c2cnn(-c3ccccc3)c2-c2ccccc2O)S1. The number of phenols is 1. The fourth-order valence-electron chi connectivity index (χ4n) is 2.74. The molecule has 0 atom stereocenters. The topological polar surface area (TPSA) is 84.2 Å². The van der Waals surface area contributed by atoms with E-state index in [1.165, 1.54) is 0 Å². The highest BCUT2D eigenvalue weighted by atomic mass is 32.2. The molecule has 0 spiro atoms. The molecule has 26 heavy (non-hydrogen) atoms. The Balaban J connectivity index is 1.92. The van der Waals surface area contributed by atoms with Crippen LogP contribution < -0.4 is 5.32 Å². The second-order valence-electron chi connectivity index (χ2n) is 5.57. The number of carbonyl (C=O) groups excluding carboxylic acids is 2. The number of imide groups is 1. The molecule has 128 valence electrons. The Bertz CT molecular complexity index is 1040. The van der Waals surface area contributed by atoms with Crippen LogP contribution in [0.1, 0.15) is 5.56 Å². The highest BCUT2D eigenvalue weighted by Crippen LogP contribution is 2.35. The minimum absolute atomic E-state index is 0.101. The highest BCUT2D eigenvalue weighted by Gasteiger charge is 2.26. The number of carbonyl (C=O) groups is 2. The number of aromatic hydroxyl groups is 1. The summed E-state index contributed by atoms with van der Waals surface area (Å²) in [4.78, 5) is 23.6. The predicted molar refractivity (Wildman–Crippen MR) is 99.8 cm³/mol. The Kier molecular flexibility index (Phi) is 4.06. The van der Waals surface area contributed by atoms with Crippen molar-refractivity contribution >= 4 is 29.0 Å². The summed E-state index contributed by atoms with van der Waals surface area (Å²) in [5, 5.41) is 16.6. The molecule has 2 amide bonds. The lowest BCUT2D eigenvalue weighted by atomic mass is 10.1. The first-order chi connectivity index (χ1) is 12.6. The van der Waals surface area contributed by atoms with Crippen LogP contribution in [0, 0.1) is 0 Å². The molecule has 0 aliphatic carbocycles. The van der Waals surface area contributed by atoms with E-state index in [1.807, 2.05) is 36.4 Å². The third-order valence-corrected chi connectivity index (χ3v) is 4.70. The third kappa shape index (κ3) is 2.89. The maximum Gasteiger partial charge on any atom is 0.290 e. The number of aromatic nitrogens is 2. The van der Waals surface area contributed by atoms with Crippen LogP contribution in [-0.4, -0.2) is 26.0 Å². The van der Waals surface area contributed by atoms with Gasteiger partial charge in [-0.2, -0.15) is 5.10 Å². The molecule has 1 saturated heterocycles. The lowest BCUT2D eigenvalue weighted by Gasteiger charge is -2.10. The molecule has 0 bridgehead atoms. The van der Waals surface area contributed by atoms with E-state index < -0.39 is 11.1 Å². The van der Waals surface area contributed by atoms with Gasteiger partial charge in [0.1, 0.15) is 5.75 Å². The molecule has 2 aromatic carbocycles. The smallest absolute Gasteiger partial charge is 0.290 e. The van der Waals surface area contributed by atoms with Gasteiger partial charge < -0.3 is 5.11 Å². The van der Waals surface area contributed by atoms with Gasteiger partial charge in [-0.25, -0.2) is 4.68 Å².